The first-order chi connectivity index (χ1) is 15.7. The zero-order valence-electron chi connectivity index (χ0n) is 16.5. The van der Waals surface area contributed by atoms with E-state index in [9.17, 15) is 4.79 Å². The molecule has 0 atom stereocenters. The van der Waals surface area contributed by atoms with Crippen LogP contribution in [0.1, 0.15) is 5.56 Å². The molecule has 0 saturated heterocycles. The topological polar surface area (TPSA) is 111 Å². The van der Waals surface area contributed by atoms with Crippen molar-refractivity contribution in [2.45, 2.75) is 6.42 Å². The summed E-state index contributed by atoms with van der Waals surface area (Å²) in [7, 11) is 0. The molecule has 9 nitrogen and oxygen atoms in total. The van der Waals surface area contributed by atoms with E-state index in [-0.39, 0.29) is 0 Å². The zero-order chi connectivity index (χ0) is 21.9. The highest BCUT2D eigenvalue weighted by Crippen LogP contribution is 2.32. The minimum absolute atomic E-state index is 0.409. The summed E-state index contributed by atoms with van der Waals surface area (Å²) in [6.45, 7) is 0.700. The second kappa shape index (κ2) is 8.77. The molecule has 5 aromatic rings. The minimum atomic E-state index is -0.439. The normalized spacial score (nSPS) is 11.0. The van der Waals surface area contributed by atoms with Crippen LogP contribution in [0.15, 0.2) is 65.3 Å². The molecule has 4 heterocycles. The van der Waals surface area contributed by atoms with E-state index in [4.69, 9.17) is 16.3 Å². The van der Waals surface area contributed by atoms with Crippen molar-refractivity contribution in [2.75, 3.05) is 11.9 Å². The molecule has 5 rings (SSSR count). The molecule has 4 aromatic heterocycles. The number of thiophene rings is 1. The summed E-state index contributed by atoms with van der Waals surface area (Å²) in [6.07, 6.45) is 3.71. The van der Waals surface area contributed by atoms with Crippen LogP contribution in [0, 0.1) is 0 Å². The van der Waals surface area contributed by atoms with Crippen molar-refractivity contribution in [3.05, 3.63) is 81.6 Å². The van der Waals surface area contributed by atoms with Gasteiger partial charge in [0.05, 0.1) is 10.4 Å². The van der Waals surface area contributed by atoms with E-state index in [1.807, 2.05) is 29.6 Å². The Balaban J connectivity index is 1.21. The second-order valence-electron chi connectivity index (χ2n) is 6.77. The van der Waals surface area contributed by atoms with Crippen molar-refractivity contribution in [3.8, 4) is 17.4 Å². The van der Waals surface area contributed by atoms with Gasteiger partial charge in [0, 0.05) is 18.0 Å². The standard InChI is InChI=1S/C21H16ClN7O2S/c22-15-10-32-20-18(15)19(24-11-25-20)23-9-8-13-4-6-14(7-5-13)31-17-3-1-2-16(27-17)29-12-26-21(30)28-29/h1-7,10-12H,8-9H2,(H,28,30)(H,23,24,25). The summed E-state index contributed by atoms with van der Waals surface area (Å²) in [5.41, 5.74) is 0.704. The number of H-pyrrole nitrogens is 1. The number of nitrogens with zero attached hydrogens (tertiary/aromatic N) is 5. The summed E-state index contributed by atoms with van der Waals surface area (Å²) >= 11 is 7.75. The molecule has 0 unspecified atom stereocenters. The maximum atomic E-state index is 11.2. The maximum Gasteiger partial charge on any atom is 0.361 e. The monoisotopic (exact) mass is 465 g/mol. The Morgan fingerprint density at radius 1 is 1.12 bits per heavy atom. The summed E-state index contributed by atoms with van der Waals surface area (Å²) < 4.78 is 7.28. The number of halogens is 1. The Morgan fingerprint density at radius 2 is 2.00 bits per heavy atom. The van der Waals surface area contributed by atoms with E-state index >= 15 is 0 Å². The first kappa shape index (κ1) is 20.2. The average Bonchev–Trinajstić information content (AvgIpc) is 3.41. The number of hydrogen-bond acceptors (Lipinski definition) is 8. The first-order valence-electron chi connectivity index (χ1n) is 9.65. The van der Waals surface area contributed by atoms with Crippen molar-refractivity contribution in [1.29, 1.82) is 0 Å². The molecular weight excluding hydrogens is 450 g/mol. The molecule has 0 amide bonds. The van der Waals surface area contributed by atoms with Crippen LogP contribution >= 0.6 is 22.9 Å². The predicted octanol–water partition coefficient (Wildman–Crippen LogP) is 4.06. The van der Waals surface area contributed by atoms with Crippen molar-refractivity contribution in [1.82, 2.24) is 29.7 Å². The Labute approximate surface area is 190 Å². The van der Waals surface area contributed by atoms with Gasteiger partial charge in [-0.1, -0.05) is 29.8 Å². The van der Waals surface area contributed by atoms with Crippen LogP contribution in [0.4, 0.5) is 5.82 Å². The molecular formula is C21H16ClN7O2S. The molecule has 1 aromatic carbocycles. The van der Waals surface area contributed by atoms with Crippen LogP contribution in [0.25, 0.3) is 16.0 Å². The third kappa shape index (κ3) is 4.32. The lowest BCUT2D eigenvalue weighted by atomic mass is 10.1. The number of aromatic nitrogens is 6. The quantitative estimate of drug-likeness (QED) is 0.373. The third-order valence-corrected chi connectivity index (χ3v) is 5.95. The van der Waals surface area contributed by atoms with E-state index in [1.54, 1.807) is 18.2 Å². The van der Waals surface area contributed by atoms with Crippen LogP contribution < -0.4 is 15.7 Å². The molecule has 160 valence electrons. The predicted molar refractivity (Wildman–Crippen MR) is 123 cm³/mol. The SMILES string of the molecule is O=c1ncn(-c2cccc(Oc3ccc(CCNc4ncnc5scc(Cl)c45)cc3)n2)[nH]1. The molecule has 0 saturated carbocycles. The molecule has 0 aliphatic carbocycles. The van der Waals surface area contributed by atoms with E-state index in [1.165, 1.54) is 28.7 Å². The van der Waals surface area contributed by atoms with E-state index in [0.29, 0.717) is 29.0 Å². The lowest BCUT2D eigenvalue weighted by Gasteiger charge is -2.09. The van der Waals surface area contributed by atoms with Gasteiger partial charge in [-0.05, 0) is 30.2 Å². The van der Waals surface area contributed by atoms with E-state index in [0.717, 1.165) is 28.0 Å². The van der Waals surface area contributed by atoms with Gasteiger partial charge in [-0.3, -0.25) is 0 Å². The highest BCUT2D eigenvalue weighted by atomic mass is 35.5. The molecule has 0 bridgehead atoms. The Bertz CT molecular complexity index is 1430. The van der Waals surface area contributed by atoms with Gasteiger partial charge >= 0.3 is 5.69 Å². The van der Waals surface area contributed by atoms with Crippen molar-refractivity contribution in [3.63, 3.8) is 0 Å². The maximum absolute atomic E-state index is 11.2. The third-order valence-electron chi connectivity index (χ3n) is 4.64. The Hall–Kier alpha value is -3.76. The number of benzene rings is 1. The number of ether oxygens (including phenoxy) is 1. The summed E-state index contributed by atoms with van der Waals surface area (Å²) in [5.74, 6) is 2.32. The van der Waals surface area contributed by atoms with Crippen LogP contribution in [0.5, 0.6) is 11.6 Å². The van der Waals surface area contributed by atoms with Gasteiger partial charge in [-0.25, -0.2) is 24.5 Å². The number of nitrogens with one attached hydrogen (secondary N) is 2. The lowest BCUT2D eigenvalue weighted by molar-refractivity contribution is 0.461. The van der Waals surface area contributed by atoms with Gasteiger partial charge in [-0.15, -0.1) is 11.3 Å². The summed E-state index contributed by atoms with van der Waals surface area (Å²) in [4.78, 5) is 28.7. The molecule has 0 aliphatic rings. The highest BCUT2D eigenvalue weighted by Gasteiger charge is 2.09. The second-order valence-corrected chi connectivity index (χ2v) is 8.04. The van der Waals surface area contributed by atoms with Gasteiger partial charge in [0.25, 0.3) is 0 Å². The fraction of sp³-hybridized carbons (Fsp3) is 0.0952. The highest BCUT2D eigenvalue weighted by molar-refractivity contribution is 7.17. The van der Waals surface area contributed by atoms with Gasteiger partial charge in [-0.2, -0.15) is 9.97 Å². The molecule has 11 heteroatoms. The molecule has 2 N–H and O–H groups in total. The lowest BCUT2D eigenvalue weighted by Crippen LogP contribution is -2.07. The van der Waals surface area contributed by atoms with E-state index < -0.39 is 5.69 Å². The Kier molecular flexibility index (Phi) is 5.53. The number of aromatic amines is 1. The fourth-order valence-corrected chi connectivity index (χ4v) is 4.26. The number of anilines is 1. The zero-order valence-corrected chi connectivity index (χ0v) is 18.1. The first-order valence-corrected chi connectivity index (χ1v) is 10.9. The van der Waals surface area contributed by atoms with Crippen molar-refractivity contribution < 1.29 is 4.74 Å². The molecule has 0 aliphatic heterocycles. The van der Waals surface area contributed by atoms with Crippen LogP contribution in [0.2, 0.25) is 5.02 Å². The summed E-state index contributed by atoms with van der Waals surface area (Å²) in [6, 6.07) is 13.1. The molecule has 0 fully saturated rings. The molecule has 0 radical (unpaired) electrons. The van der Waals surface area contributed by atoms with Gasteiger partial charge in [0.2, 0.25) is 5.88 Å². The van der Waals surface area contributed by atoms with Gasteiger partial charge in [0.1, 0.15) is 29.1 Å². The van der Waals surface area contributed by atoms with E-state index in [2.05, 4.69) is 30.4 Å². The summed E-state index contributed by atoms with van der Waals surface area (Å²) in [5, 5.41) is 9.27. The Morgan fingerprint density at radius 3 is 2.81 bits per heavy atom. The smallest absolute Gasteiger partial charge is 0.361 e. The molecule has 0 spiro atoms. The van der Waals surface area contributed by atoms with Gasteiger partial charge < -0.3 is 10.1 Å². The largest absolute Gasteiger partial charge is 0.439 e. The van der Waals surface area contributed by atoms with Crippen LogP contribution in [-0.2, 0) is 6.42 Å². The number of pyridine rings is 1. The van der Waals surface area contributed by atoms with Gasteiger partial charge in [0.15, 0.2) is 5.82 Å². The fourth-order valence-electron chi connectivity index (χ4n) is 3.13. The van der Waals surface area contributed by atoms with Crippen molar-refractivity contribution in [2.24, 2.45) is 0 Å². The number of fused-ring (bicyclic) bond motifs is 1. The number of hydrogen-bond donors (Lipinski definition) is 2. The number of rotatable bonds is 7. The van der Waals surface area contributed by atoms with Crippen LogP contribution in [-0.4, -0.2) is 36.3 Å². The van der Waals surface area contributed by atoms with Crippen LogP contribution in [0.3, 0.4) is 0 Å². The van der Waals surface area contributed by atoms with Crippen molar-refractivity contribution >= 4 is 39.0 Å². The minimum Gasteiger partial charge on any atom is -0.439 e. The average molecular weight is 466 g/mol. The molecule has 32 heavy (non-hydrogen) atoms.